The van der Waals surface area contributed by atoms with Gasteiger partial charge in [0.15, 0.2) is 11.7 Å². The van der Waals surface area contributed by atoms with E-state index in [9.17, 15) is 9.59 Å². The summed E-state index contributed by atoms with van der Waals surface area (Å²) < 4.78 is 1.77. The molecule has 3 rings (SSSR count). The van der Waals surface area contributed by atoms with Crippen molar-refractivity contribution in [2.24, 2.45) is 23.5 Å². The lowest BCUT2D eigenvalue weighted by atomic mass is 10.0. The Bertz CT molecular complexity index is 798. The summed E-state index contributed by atoms with van der Waals surface area (Å²) in [6.07, 6.45) is 1.88. The first-order valence-corrected chi connectivity index (χ1v) is 6.78. The predicted molar refractivity (Wildman–Crippen MR) is 80.3 cm³/mol. The molecule has 0 unspecified atom stereocenters. The normalized spacial score (nSPS) is 14.0. The van der Waals surface area contributed by atoms with Gasteiger partial charge < -0.3 is 16.0 Å². The zero-order chi connectivity index (χ0) is 15.1. The number of guanidine groups is 1. The van der Waals surface area contributed by atoms with Crippen molar-refractivity contribution in [3.05, 3.63) is 35.0 Å². The number of amides is 1. The summed E-state index contributed by atoms with van der Waals surface area (Å²) in [5, 5.41) is 0.858. The van der Waals surface area contributed by atoms with Crippen LogP contribution in [0.3, 0.4) is 0 Å². The van der Waals surface area contributed by atoms with Crippen molar-refractivity contribution in [2.75, 3.05) is 0 Å². The van der Waals surface area contributed by atoms with Gasteiger partial charge in [-0.3, -0.25) is 9.59 Å². The van der Waals surface area contributed by atoms with E-state index in [-0.39, 0.29) is 11.7 Å². The van der Waals surface area contributed by atoms with Gasteiger partial charge in [0.1, 0.15) is 5.69 Å². The number of hydrogen-bond acceptors (Lipinski definition) is 2. The van der Waals surface area contributed by atoms with E-state index >= 15 is 0 Å². The van der Waals surface area contributed by atoms with Gasteiger partial charge in [0.25, 0.3) is 5.91 Å². The van der Waals surface area contributed by atoms with Crippen molar-refractivity contribution < 1.29 is 9.59 Å². The third-order valence-electron chi connectivity index (χ3n) is 3.89. The van der Waals surface area contributed by atoms with Crippen molar-refractivity contribution in [2.45, 2.75) is 19.3 Å². The number of aryl methyl sites for hydroxylation is 2. The van der Waals surface area contributed by atoms with Crippen molar-refractivity contribution in [3.63, 3.8) is 0 Å². The molecule has 6 nitrogen and oxygen atoms in total. The summed E-state index contributed by atoms with van der Waals surface area (Å²) in [5.74, 6) is -0.614. The van der Waals surface area contributed by atoms with Crippen LogP contribution < -0.4 is 11.5 Å². The fourth-order valence-corrected chi connectivity index (χ4v) is 3.06. The van der Waals surface area contributed by atoms with Crippen LogP contribution in [0.25, 0.3) is 10.9 Å². The highest BCUT2D eigenvalue weighted by Crippen LogP contribution is 2.33. The standard InChI is InChI=1S/C15H16N4O2/c1-19-10-6-2-4-8-11(20)7-3-5-9(12(8)10)13(19)14(21)18-15(16)17/h2,4,6H,3,5,7H2,1H3,(H4,16,17,18,21). The number of rotatable bonds is 1. The first-order chi connectivity index (χ1) is 10.0. The Kier molecular flexibility index (Phi) is 3.01. The molecule has 0 aliphatic heterocycles. The van der Waals surface area contributed by atoms with Crippen LogP contribution in [0.1, 0.15) is 39.3 Å². The maximum atomic E-state index is 12.3. The minimum absolute atomic E-state index is 0.116. The maximum absolute atomic E-state index is 12.3. The molecule has 21 heavy (non-hydrogen) atoms. The van der Waals surface area contributed by atoms with Crippen LogP contribution >= 0.6 is 0 Å². The topological polar surface area (TPSA) is 103 Å². The highest BCUT2D eigenvalue weighted by atomic mass is 16.1. The average Bonchev–Trinajstić information content (AvgIpc) is 2.60. The second-order valence-electron chi connectivity index (χ2n) is 5.20. The van der Waals surface area contributed by atoms with Gasteiger partial charge in [-0.05, 0) is 24.5 Å². The Labute approximate surface area is 121 Å². The number of nitrogens with zero attached hydrogens (tertiary/aromatic N) is 2. The second-order valence-corrected chi connectivity index (χ2v) is 5.20. The van der Waals surface area contributed by atoms with Crippen LogP contribution in [-0.2, 0) is 13.5 Å². The maximum Gasteiger partial charge on any atom is 0.297 e. The smallest absolute Gasteiger partial charge is 0.297 e. The third-order valence-corrected chi connectivity index (χ3v) is 3.89. The number of nitrogens with two attached hydrogens (primary N) is 2. The molecule has 0 saturated heterocycles. The fourth-order valence-electron chi connectivity index (χ4n) is 3.06. The van der Waals surface area contributed by atoms with E-state index in [0.717, 1.165) is 16.5 Å². The summed E-state index contributed by atoms with van der Waals surface area (Å²) in [4.78, 5) is 28.1. The summed E-state index contributed by atoms with van der Waals surface area (Å²) in [6.45, 7) is 0. The highest BCUT2D eigenvalue weighted by molar-refractivity contribution is 6.13. The lowest BCUT2D eigenvalue weighted by Crippen LogP contribution is -2.25. The largest absolute Gasteiger partial charge is 0.370 e. The van der Waals surface area contributed by atoms with Crippen LogP contribution in [0.2, 0.25) is 0 Å². The molecule has 1 amide bonds. The highest BCUT2D eigenvalue weighted by Gasteiger charge is 2.26. The quantitative estimate of drug-likeness (QED) is 0.604. The zero-order valence-corrected chi connectivity index (χ0v) is 11.7. The van der Waals surface area contributed by atoms with E-state index in [1.54, 1.807) is 11.6 Å². The molecular formula is C15H16N4O2. The molecular weight excluding hydrogens is 268 g/mol. The predicted octanol–water partition coefficient (Wildman–Crippen LogP) is 1.11. The van der Waals surface area contributed by atoms with E-state index in [0.29, 0.717) is 30.5 Å². The molecule has 108 valence electrons. The third kappa shape index (κ3) is 1.99. The molecule has 0 atom stereocenters. The van der Waals surface area contributed by atoms with Gasteiger partial charge in [-0.15, -0.1) is 0 Å². The van der Waals surface area contributed by atoms with Crippen LogP contribution in [0.15, 0.2) is 23.2 Å². The number of carbonyl (C=O) groups excluding carboxylic acids is 2. The minimum Gasteiger partial charge on any atom is -0.370 e. The molecule has 4 N–H and O–H groups in total. The molecule has 0 fully saturated rings. The second kappa shape index (κ2) is 4.73. The first kappa shape index (κ1) is 13.4. The molecule has 1 aromatic heterocycles. The number of aliphatic imine (C=N–C) groups is 1. The molecule has 0 saturated carbocycles. The van der Waals surface area contributed by atoms with Crippen molar-refractivity contribution >= 4 is 28.6 Å². The van der Waals surface area contributed by atoms with Gasteiger partial charge >= 0.3 is 0 Å². The molecule has 0 spiro atoms. The first-order valence-electron chi connectivity index (χ1n) is 6.78. The number of ketones is 1. The van der Waals surface area contributed by atoms with E-state index < -0.39 is 5.91 Å². The Morgan fingerprint density at radius 1 is 1.29 bits per heavy atom. The number of benzene rings is 1. The lowest BCUT2D eigenvalue weighted by Gasteiger charge is -2.04. The number of carbonyl (C=O) groups is 2. The van der Waals surface area contributed by atoms with Crippen LogP contribution in [-0.4, -0.2) is 22.2 Å². The van der Waals surface area contributed by atoms with Crippen molar-refractivity contribution in [1.82, 2.24) is 4.57 Å². The molecule has 6 heteroatoms. The number of aromatic nitrogens is 1. The molecule has 2 aromatic rings. The van der Waals surface area contributed by atoms with Gasteiger partial charge in [0, 0.05) is 29.9 Å². The molecule has 0 radical (unpaired) electrons. The Morgan fingerprint density at radius 3 is 2.76 bits per heavy atom. The van der Waals surface area contributed by atoms with Crippen molar-refractivity contribution in [1.29, 1.82) is 0 Å². The molecule has 1 aliphatic rings. The van der Waals surface area contributed by atoms with E-state index in [4.69, 9.17) is 11.5 Å². The molecule has 1 aliphatic carbocycles. The Balaban J connectivity index is 2.37. The molecule has 1 heterocycles. The summed E-state index contributed by atoms with van der Waals surface area (Å²) in [5.41, 5.74) is 13.5. The van der Waals surface area contributed by atoms with Gasteiger partial charge in [-0.25, -0.2) is 0 Å². The molecule has 0 bridgehead atoms. The Hall–Kier alpha value is -2.63. The summed E-state index contributed by atoms with van der Waals surface area (Å²) >= 11 is 0. The monoisotopic (exact) mass is 284 g/mol. The van der Waals surface area contributed by atoms with E-state index in [1.165, 1.54) is 0 Å². The van der Waals surface area contributed by atoms with Gasteiger partial charge in [-0.2, -0.15) is 4.99 Å². The SMILES string of the molecule is Cn1c(C(=O)N=C(N)N)c2c3c(cccc31)C(=O)CCC2. The zero-order valence-electron chi connectivity index (χ0n) is 11.7. The van der Waals surface area contributed by atoms with Crippen LogP contribution in [0.5, 0.6) is 0 Å². The van der Waals surface area contributed by atoms with E-state index in [2.05, 4.69) is 4.99 Å². The van der Waals surface area contributed by atoms with Gasteiger partial charge in [0.2, 0.25) is 0 Å². The van der Waals surface area contributed by atoms with Gasteiger partial charge in [0.05, 0.1) is 0 Å². The van der Waals surface area contributed by atoms with Gasteiger partial charge in [-0.1, -0.05) is 12.1 Å². The number of hydrogen-bond donors (Lipinski definition) is 2. The van der Waals surface area contributed by atoms with Crippen LogP contribution in [0.4, 0.5) is 0 Å². The minimum atomic E-state index is -0.469. The molecule has 1 aromatic carbocycles. The van der Waals surface area contributed by atoms with E-state index in [1.807, 2.05) is 18.2 Å². The summed E-state index contributed by atoms with van der Waals surface area (Å²) in [6, 6.07) is 5.54. The average molecular weight is 284 g/mol. The van der Waals surface area contributed by atoms with Crippen LogP contribution in [0, 0.1) is 0 Å². The lowest BCUT2D eigenvalue weighted by molar-refractivity contribution is 0.0980. The fraction of sp³-hybridized carbons (Fsp3) is 0.267. The Morgan fingerprint density at radius 2 is 2.05 bits per heavy atom. The number of Topliss-reactive ketones (excluding diaryl/α,β-unsaturated/α-hetero) is 1. The summed E-state index contributed by atoms with van der Waals surface area (Å²) in [7, 11) is 1.79. The van der Waals surface area contributed by atoms with Crippen molar-refractivity contribution in [3.8, 4) is 0 Å².